The number of rotatable bonds is 4. The first-order chi connectivity index (χ1) is 12.6. The number of hydrogen-bond donors (Lipinski definition) is 1. The first-order valence-electron chi connectivity index (χ1n) is 8.99. The van der Waals surface area contributed by atoms with E-state index in [0.717, 1.165) is 25.9 Å². The SMILES string of the molecule is C[C@H](NC(=O)c1ccc(-n2nccn2)nc1)C(=O)N1CCC2(CC1)CC2. The third-order valence-electron chi connectivity index (χ3n) is 5.44. The Balaban J connectivity index is 1.34. The van der Waals surface area contributed by atoms with E-state index in [0.29, 0.717) is 16.8 Å². The fourth-order valence-electron chi connectivity index (χ4n) is 3.47. The van der Waals surface area contributed by atoms with Crippen molar-refractivity contribution in [2.24, 2.45) is 5.41 Å². The predicted octanol–water partition coefficient (Wildman–Crippen LogP) is 1.18. The molecule has 1 aliphatic heterocycles. The molecule has 1 N–H and O–H groups in total. The molecular formula is C18H22N6O2. The van der Waals surface area contributed by atoms with Gasteiger partial charge in [-0.2, -0.15) is 10.2 Å². The van der Waals surface area contributed by atoms with Gasteiger partial charge in [0, 0.05) is 19.3 Å². The van der Waals surface area contributed by atoms with Crippen LogP contribution in [0.5, 0.6) is 0 Å². The van der Waals surface area contributed by atoms with Crippen LogP contribution in [0, 0.1) is 5.41 Å². The van der Waals surface area contributed by atoms with Crippen molar-refractivity contribution >= 4 is 11.8 Å². The largest absolute Gasteiger partial charge is 0.341 e. The highest BCUT2D eigenvalue weighted by atomic mass is 16.2. The summed E-state index contributed by atoms with van der Waals surface area (Å²) in [4.78, 5) is 32.4. The number of carbonyl (C=O) groups excluding carboxylic acids is 2. The number of pyridine rings is 1. The molecule has 0 radical (unpaired) electrons. The smallest absolute Gasteiger partial charge is 0.253 e. The zero-order valence-electron chi connectivity index (χ0n) is 14.8. The van der Waals surface area contributed by atoms with Gasteiger partial charge in [-0.25, -0.2) is 4.98 Å². The third kappa shape index (κ3) is 3.31. The average Bonchev–Trinajstić information content (AvgIpc) is 3.20. The Bertz CT molecular complexity index is 788. The number of nitrogens with one attached hydrogen (secondary N) is 1. The molecule has 4 rings (SSSR count). The lowest BCUT2D eigenvalue weighted by molar-refractivity contribution is -0.134. The van der Waals surface area contributed by atoms with Crippen molar-refractivity contribution < 1.29 is 9.59 Å². The molecule has 0 unspecified atom stereocenters. The van der Waals surface area contributed by atoms with Crippen molar-refractivity contribution in [2.75, 3.05) is 13.1 Å². The molecule has 1 saturated heterocycles. The van der Waals surface area contributed by atoms with Crippen LogP contribution in [0.4, 0.5) is 0 Å². The van der Waals surface area contributed by atoms with Crippen LogP contribution in [0.1, 0.15) is 43.0 Å². The van der Waals surface area contributed by atoms with Crippen molar-refractivity contribution in [1.82, 2.24) is 30.2 Å². The highest BCUT2D eigenvalue weighted by molar-refractivity contribution is 5.97. The molecule has 1 aliphatic carbocycles. The van der Waals surface area contributed by atoms with Gasteiger partial charge in [0.2, 0.25) is 5.91 Å². The van der Waals surface area contributed by atoms with Gasteiger partial charge in [0.05, 0.1) is 18.0 Å². The number of likely N-dealkylation sites (tertiary alicyclic amines) is 1. The lowest BCUT2D eigenvalue weighted by Crippen LogP contribution is -2.49. The second kappa shape index (κ2) is 6.51. The maximum absolute atomic E-state index is 12.6. The first kappa shape index (κ1) is 16.7. The lowest BCUT2D eigenvalue weighted by Gasteiger charge is -2.33. The first-order valence-corrected chi connectivity index (χ1v) is 8.99. The molecule has 8 heteroatoms. The summed E-state index contributed by atoms with van der Waals surface area (Å²) in [7, 11) is 0. The Labute approximate surface area is 151 Å². The van der Waals surface area contributed by atoms with Gasteiger partial charge in [0.1, 0.15) is 6.04 Å². The quantitative estimate of drug-likeness (QED) is 0.890. The van der Waals surface area contributed by atoms with E-state index in [1.807, 2.05) is 4.90 Å². The molecule has 2 aromatic rings. The molecule has 136 valence electrons. The highest BCUT2D eigenvalue weighted by Crippen LogP contribution is 2.53. The number of nitrogens with zero attached hydrogens (tertiary/aromatic N) is 5. The van der Waals surface area contributed by atoms with E-state index in [2.05, 4.69) is 20.5 Å². The number of piperidine rings is 1. The summed E-state index contributed by atoms with van der Waals surface area (Å²) < 4.78 is 0. The molecule has 1 saturated carbocycles. The maximum Gasteiger partial charge on any atom is 0.253 e. The van der Waals surface area contributed by atoms with Gasteiger partial charge < -0.3 is 10.2 Å². The van der Waals surface area contributed by atoms with Crippen molar-refractivity contribution in [3.63, 3.8) is 0 Å². The second-order valence-electron chi connectivity index (χ2n) is 7.24. The summed E-state index contributed by atoms with van der Waals surface area (Å²) in [6.07, 6.45) is 9.36. The van der Waals surface area contributed by atoms with Crippen LogP contribution in [0.25, 0.3) is 5.82 Å². The van der Waals surface area contributed by atoms with Crippen molar-refractivity contribution in [2.45, 2.75) is 38.6 Å². The molecule has 2 amide bonds. The van der Waals surface area contributed by atoms with Crippen molar-refractivity contribution in [1.29, 1.82) is 0 Å². The van der Waals surface area contributed by atoms with E-state index in [-0.39, 0.29) is 11.8 Å². The highest BCUT2D eigenvalue weighted by Gasteiger charge is 2.45. The summed E-state index contributed by atoms with van der Waals surface area (Å²) >= 11 is 0. The van der Waals surface area contributed by atoms with Gasteiger partial charge in [0.15, 0.2) is 5.82 Å². The molecule has 1 atom stereocenters. The molecule has 3 heterocycles. The molecular weight excluding hydrogens is 332 g/mol. The second-order valence-corrected chi connectivity index (χ2v) is 7.24. The third-order valence-corrected chi connectivity index (χ3v) is 5.44. The van der Waals surface area contributed by atoms with E-state index >= 15 is 0 Å². The van der Waals surface area contributed by atoms with Crippen LogP contribution >= 0.6 is 0 Å². The Morgan fingerprint density at radius 1 is 1.12 bits per heavy atom. The van der Waals surface area contributed by atoms with Crippen molar-refractivity contribution in [3.05, 3.63) is 36.3 Å². The minimum absolute atomic E-state index is 0.0147. The van der Waals surface area contributed by atoms with E-state index in [1.165, 1.54) is 23.8 Å². The minimum Gasteiger partial charge on any atom is -0.341 e. The standard InChI is InChI=1S/C18H22N6O2/c1-13(17(26)23-10-6-18(4-5-18)7-11-23)22-16(25)14-2-3-15(19-12-14)24-20-8-9-21-24/h2-3,8-9,12-13H,4-7,10-11H2,1H3,(H,22,25)/t13-/m0/s1. The van der Waals surface area contributed by atoms with Crippen LogP contribution in [0.15, 0.2) is 30.7 Å². The number of carbonyl (C=O) groups is 2. The molecule has 8 nitrogen and oxygen atoms in total. The van der Waals surface area contributed by atoms with E-state index in [1.54, 1.807) is 31.5 Å². The van der Waals surface area contributed by atoms with Crippen LogP contribution in [-0.4, -0.2) is 55.8 Å². The van der Waals surface area contributed by atoms with E-state index in [9.17, 15) is 9.59 Å². The molecule has 2 fully saturated rings. The van der Waals surface area contributed by atoms with Gasteiger partial charge in [-0.05, 0) is 50.2 Å². The van der Waals surface area contributed by atoms with Gasteiger partial charge in [0.25, 0.3) is 5.91 Å². The van der Waals surface area contributed by atoms with Crippen LogP contribution in [-0.2, 0) is 4.79 Å². The molecule has 2 aromatic heterocycles. The van der Waals surface area contributed by atoms with Crippen molar-refractivity contribution in [3.8, 4) is 5.82 Å². The summed E-state index contributed by atoms with van der Waals surface area (Å²) in [5.41, 5.74) is 0.927. The summed E-state index contributed by atoms with van der Waals surface area (Å²) in [5, 5.41) is 10.8. The fraction of sp³-hybridized carbons (Fsp3) is 0.500. The fourth-order valence-corrected chi connectivity index (χ4v) is 3.47. The number of amides is 2. The lowest BCUT2D eigenvalue weighted by atomic mass is 9.93. The number of hydrogen-bond acceptors (Lipinski definition) is 5. The van der Waals surface area contributed by atoms with Gasteiger partial charge >= 0.3 is 0 Å². The van der Waals surface area contributed by atoms with E-state index in [4.69, 9.17) is 0 Å². The summed E-state index contributed by atoms with van der Waals surface area (Å²) in [6, 6.07) is 2.76. The molecule has 26 heavy (non-hydrogen) atoms. The Kier molecular flexibility index (Phi) is 4.18. The normalized spacial score (nSPS) is 19.2. The summed E-state index contributed by atoms with van der Waals surface area (Å²) in [6.45, 7) is 3.33. The molecule has 2 aliphatic rings. The monoisotopic (exact) mass is 354 g/mol. The molecule has 0 aromatic carbocycles. The Morgan fingerprint density at radius 2 is 1.81 bits per heavy atom. The average molecular weight is 354 g/mol. The predicted molar refractivity (Wildman–Crippen MR) is 93.6 cm³/mol. The van der Waals surface area contributed by atoms with Crippen LogP contribution < -0.4 is 5.32 Å². The van der Waals surface area contributed by atoms with Gasteiger partial charge in [-0.15, -0.1) is 4.80 Å². The maximum atomic E-state index is 12.6. The van der Waals surface area contributed by atoms with Crippen LogP contribution in [0.2, 0.25) is 0 Å². The molecule has 1 spiro atoms. The molecule has 0 bridgehead atoms. The van der Waals surface area contributed by atoms with Crippen LogP contribution in [0.3, 0.4) is 0 Å². The van der Waals surface area contributed by atoms with Gasteiger partial charge in [-0.3, -0.25) is 9.59 Å². The van der Waals surface area contributed by atoms with Gasteiger partial charge in [-0.1, -0.05) is 0 Å². The number of aromatic nitrogens is 4. The summed E-state index contributed by atoms with van der Waals surface area (Å²) in [5.74, 6) is 0.200. The van der Waals surface area contributed by atoms with E-state index < -0.39 is 6.04 Å². The minimum atomic E-state index is -0.553. The Hall–Kier alpha value is -2.77. The Morgan fingerprint density at radius 3 is 2.38 bits per heavy atom. The zero-order chi connectivity index (χ0) is 18.1. The topological polar surface area (TPSA) is 93.0 Å². The zero-order valence-corrected chi connectivity index (χ0v) is 14.8.